The van der Waals surface area contributed by atoms with Gasteiger partial charge in [-0.15, -0.1) is 0 Å². The number of rotatable bonds is 2. The van der Waals surface area contributed by atoms with Crippen molar-refractivity contribution in [1.82, 2.24) is 9.47 Å². The highest BCUT2D eigenvalue weighted by Gasteiger charge is 2.37. The molecule has 1 aliphatic heterocycles. The number of aromatic nitrogens is 1. The number of carbonyl (C=O) groups excluding carboxylic acids is 1. The van der Waals surface area contributed by atoms with Crippen LogP contribution in [-0.2, 0) is 24.8 Å². The summed E-state index contributed by atoms with van der Waals surface area (Å²) in [5.74, 6) is -1.30. The van der Waals surface area contributed by atoms with Crippen molar-refractivity contribution in [3.8, 4) is 0 Å². The Labute approximate surface area is 155 Å². The number of hydrogen-bond acceptors (Lipinski definition) is 2. The molecule has 26 heavy (non-hydrogen) atoms. The fourth-order valence-corrected chi connectivity index (χ4v) is 3.85. The zero-order valence-corrected chi connectivity index (χ0v) is 14.9. The van der Waals surface area contributed by atoms with Crippen molar-refractivity contribution in [2.45, 2.75) is 19.0 Å². The van der Waals surface area contributed by atoms with Crippen molar-refractivity contribution in [3.63, 3.8) is 0 Å². The van der Waals surface area contributed by atoms with Gasteiger partial charge in [-0.1, -0.05) is 29.8 Å². The van der Waals surface area contributed by atoms with Crippen molar-refractivity contribution in [1.29, 1.82) is 0 Å². The third kappa shape index (κ3) is 2.56. The molecule has 1 aliphatic rings. The Morgan fingerprint density at radius 3 is 2.50 bits per heavy atom. The highest BCUT2D eigenvalue weighted by atomic mass is 35.5. The summed E-state index contributed by atoms with van der Waals surface area (Å²) in [6.07, 6.45) is 0.297. The van der Waals surface area contributed by atoms with Crippen molar-refractivity contribution in [2.75, 3.05) is 0 Å². The number of aryl methyl sites for hydroxylation is 1. The lowest BCUT2D eigenvalue weighted by atomic mass is 9.96. The van der Waals surface area contributed by atoms with Crippen molar-refractivity contribution in [3.05, 3.63) is 70.4 Å². The van der Waals surface area contributed by atoms with E-state index in [9.17, 15) is 14.7 Å². The molecule has 0 radical (unpaired) electrons. The van der Waals surface area contributed by atoms with E-state index in [4.69, 9.17) is 11.6 Å². The van der Waals surface area contributed by atoms with E-state index in [2.05, 4.69) is 0 Å². The van der Waals surface area contributed by atoms with E-state index >= 15 is 0 Å². The van der Waals surface area contributed by atoms with E-state index in [1.807, 2.05) is 35.9 Å². The molecule has 0 aliphatic carbocycles. The smallest absolute Gasteiger partial charge is 0.326 e. The van der Waals surface area contributed by atoms with Crippen LogP contribution < -0.4 is 0 Å². The third-order valence-electron chi connectivity index (χ3n) is 5.07. The van der Waals surface area contributed by atoms with E-state index in [1.54, 1.807) is 24.3 Å². The topological polar surface area (TPSA) is 62.5 Å². The molecular weight excluding hydrogens is 352 g/mol. The van der Waals surface area contributed by atoms with Crippen LogP contribution in [0.15, 0.2) is 48.5 Å². The predicted octanol–water partition coefficient (Wildman–Crippen LogP) is 3.48. The Bertz CT molecular complexity index is 1020. The largest absolute Gasteiger partial charge is 0.480 e. The van der Waals surface area contributed by atoms with Crippen LogP contribution in [0.1, 0.15) is 21.6 Å². The quantitative estimate of drug-likeness (QED) is 0.753. The van der Waals surface area contributed by atoms with Gasteiger partial charge < -0.3 is 14.6 Å². The Balaban J connectivity index is 1.80. The Kier molecular flexibility index (Phi) is 3.96. The highest BCUT2D eigenvalue weighted by Crippen LogP contribution is 2.33. The van der Waals surface area contributed by atoms with E-state index in [-0.39, 0.29) is 12.5 Å². The summed E-state index contributed by atoms with van der Waals surface area (Å²) >= 11 is 5.89. The standard InChI is InChI=1S/C20H17ClN2O3/c1-22-16-5-3-2-4-14(16)15-10-17(20(25)26)23(11-18(15)22)19(24)12-6-8-13(21)9-7-12/h2-9,17H,10-11H2,1H3,(H,25,26). The number of halogens is 1. The van der Waals surface area contributed by atoms with Crippen molar-refractivity contribution < 1.29 is 14.7 Å². The molecule has 5 nitrogen and oxygen atoms in total. The molecule has 4 rings (SSSR count). The highest BCUT2D eigenvalue weighted by molar-refractivity contribution is 6.30. The Morgan fingerprint density at radius 1 is 1.12 bits per heavy atom. The summed E-state index contributed by atoms with van der Waals surface area (Å²) in [6.45, 7) is 0.263. The molecule has 0 fully saturated rings. The van der Waals surface area contributed by atoms with Gasteiger partial charge in [0.15, 0.2) is 0 Å². The van der Waals surface area contributed by atoms with Gasteiger partial charge in [0.25, 0.3) is 5.91 Å². The summed E-state index contributed by atoms with van der Waals surface area (Å²) in [6, 6.07) is 13.5. The lowest BCUT2D eigenvalue weighted by molar-refractivity contribution is -0.142. The summed E-state index contributed by atoms with van der Waals surface area (Å²) in [5, 5.41) is 11.3. The second-order valence-electron chi connectivity index (χ2n) is 6.50. The minimum atomic E-state index is -0.995. The fraction of sp³-hybridized carbons (Fsp3) is 0.200. The number of fused-ring (bicyclic) bond motifs is 3. The van der Waals surface area contributed by atoms with Gasteiger partial charge in [0.05, 0.1) is 6.54 Å². The van der Waals surface area contributed by atoms with Crippen LogP contribution in [0, 0.1) is 0 Å². The number of carbonyl (C=O) groups is 2. The van der Waals surface area contributed by atoms with E-state index < -0.39 is 12.0 Å². The van der Waals surface area contributed by atoms with Crippen LogP contribution in [0.25, 0.3) is 10.9 Å². The minimum absolute atomic E-state index is 0.263. The molecule has 1 aromatic heterocycles. The van der Waals surface area contributed by atoms with Gasteiger partial charge in [0.2, 0.25) is 0 Å². The number of benzene rings is 2. The summed E-state index contributed by atoms with van der Waals surface area (Å²) in [4.78, 5) is 26.3. The SMILES string of the molecule is Cn1c2c(c3ccccc31)CC(C(=O)O)N(C(=O)c1ccc(Cl)cc1)C2. The predicted molar refractivity (Wildman–Crippen MR) is 99.4 cm³/mol. The maximum absolute atomic E-state index is 13.0. The number of nitrogens with zero attached hydrogens (tertiary/aromatic N) is 2. The van der Waals surface area contributed by atoms with Crippen LogP contribution >= 0.6 is 11.6 Å². The van der Waals surface area contributed by atoms with Crippen molar-refractivity contribution >= 4 is 34.4 Å². The lowest BCUT2D eigenvalue weighted by Gasteiger charge is -2.34. The van der Waals surface area contributed by atoms with Crippen LogP contribution in [0.5, 0.6) is 0 Å². The molecule has 0 saturated carbocycles. The van der Waals surface area contributed by atoms with Gasteiger partial charge >= 0.3 is 5.97 Å². The Morgan fingerprint density at radius 2 is 1.81 bits per heavy atom. The number of carboxylic acid groups (broad SMARTS) is 1. The molecule has 132 valence electrons. The molecule has 1 amide bonds. The number of aliphatic carboxylic acids is 1. The molecule has 2 aromatic carbocycles. The number of carboxylic acids is 1. The molecule has 3 aromatic rings. The molecule has 6 heteroatoms. The average Bonchev–Trinajstić information content (AvgIpc) is 2.93. The number of hydrogen-bond donors (Lipinski definition) is 1. The minimum Gasteiger partial charge on any atom is -0.480 e. The zero-order valence-electron chi connectivity index (χ0n) is 14.1. The fourth-order valence-electron chi connectivity index (χ4n) is 3.72. The van der Waals surface area contributed by atoms with Gasteiger partial charge in [0, 0.05) is 40.7 Å². The molecule has 0 bridgehead atoms. The second-order valence-corrected chi connectivity index (χ2v) is 6.94. The van der Waals surface area contributed by atoms with E-state index in [0.29, 0.717) is 17.0 Å². The third-order valence-corrected chi connectivity index (χ3v) is 5.33. The first-order valence-corrected chi connectivity index (χ1v) is 8.69. The number of amides is 1. The molecular formula is C20H17ClN2O3. The average molecular weight is 369 g/mol. The molecule has 1 N–H and O–H groups in total. The summed E-state index contributed by atoms with van der Waals surface area (Å²) < 4.78 is 2.05. The molecule has 1 atom stereocenters. The normalized spacial score (nSPS) is 16.5. The molecule has 0 saturated heterocycles. The maximum atomic E-state index is 13.0. The monoisotopic (exact) mass is 368 g/mol. The van der Waals surface area contributed by atoms with Crippen LogP contribution in [0.3, 0.4) is 0 Å². The first-order valence-electron chi connectivity index (χ1n) is 8.32. The van der Waals surface area contributed by atoms with Crippen LogP contribution in [0.4, 0.5) is 0 Å². The maximum Gasteiger partial charge on any atom is 0.326 e. The van der Waals surface area contributed by atoms with Gasteiger partial charge in [-0.25, -0.2) is 4.79 Å². The van der Waals surface area contributed by atoms with Gasteiger partial charge in [-0.2, -0.15) is 0 Å². The Hall–Kier alpha value is -2.79. The second kappa shape index (κ2) is 6.18. The summed E-state index contributed by atoms with van der Waals surface area (Å²) in [7, 11) is 1.95. The lowest BCUT2D eigenvalue weighted by Crippen LogP contribution is -2.48. The molecule has 1 unspecified atom stereocenters. The van der Waals surface area contributed by atoms with Crippen LogP contribution in [-0.4, -0.2) is 32.5 Å². The van der Waals surface area contributed by atoms with Gasteiger partial charge in [0.1, 0.15) is 6.04 Å². The van der Waals surface area contributed by atoms with Crippen LogP contribution in [0.2, 0.25) is 5.02 Å². The molecule has 2 heterocycles. The first kappa shape index (κ1) is 16.7. The van der Waals surface area contributed by atoms with Crippen molar-refractivity contribution in [2.24, 2.45) is 7.05 Å². The van der Waals surface area contributed by atoms with Gasteiger partial charge in [-0.3, -0.25) is 4.79 Å². The first-order chi connectivity index (χ1) is 12.5. The molecule has 0 spiro atoms. The zero-order chi connectivity index (χ0) is 18.4. The summed E-state index contributed by atoms with van der Waals surface area (Å²) in [5.41, 5.74) is 3.46. The van der Waals surface area contributed by atoms with E-state index in [1.165, 1.54) is 4.90 Å². The van der Waals surface area contributed by atoms with Gasteiger partial charge in [-0.05, 0) is 35.9 Å². The number of para-hydroxylation sites is 1. The van der Waals surface area contributed by atoms with E-state index in [0.717, 1.165) is 22.2 Å².